The lowest BCUT2D eigenvalue weighted by atomic mass is 10.2. The Balaban J connectivity index is 2.12. The van der Waals surface area contributed by atoms with Crippen molar-refractivity contribution in [3.63, 3.8) is 0 Å². The van der Waals surface area contributed by atoms with Crippen LogP contribution >= 0.6 is 27.5 Å². The molecule has 2 aromatic rings. The van der Waals surface area contributed by atoms with Gasteiger partial charge in [-0.3, -0.25) is 9.48 Å². The molecular formula is C13H13BrClN3O. The Kier molecular flexibility index (Phi) is 4.27. The maximum atomic E-state index is 12.2. The van der Waals surface area contributed by atoms with E-state index in [1.807, 2.05) is 13.2 Å². The highest BCUT2D eigenvalue weighted by Gasteiger charge is 2.13. The van der Waals surface area contributed by atoms with Crippen LogP contribution in [0.15, 0.2) is 35.1 Å². The van der Waals surface area contributed by atoms with Crippen LogP contribution in [-0.4, -0.2) is 27.6 Å². The highest BCUT2D eigenvalue weighted by atomic mass is 79.9. The Labute approximate surface area is 125 Å². The number of halogens is 2. The monoisotopic (exact) mass is 341 g/mol. The van der Waals surface area contributed by atoms with E-state index in [4.69, 9.17) is 11.6 Å². The van der Waals surface area contributed by atoms with Gasteiger partial charge < -0.3 is 4.90 Å². The van der Waals surface area contributed by atoms with Gasteiger partial charge in [-0.25, -0.2) is 0 Å². The summed E-state index contributed by atoms with van der Waals surface area (Å²) in [6, 6.07) is 5.18. The minimum Gasteiger partial charge on any atom is -0.337 e. The summed E-state index contributed by atoms with van der Waals surface area (Å²) < 4.78 is 2.49. The molecule has 4 nitrogen and oxygen atoms in total. The molecule has 19 heavy (non-hydrogen) atoms. The molecule has 0 N–H and O–H groups in total. The molecule has 100 valence electrons. The molecule has 0 aliphatic heterocycles. The second kappa shape index (κ2) is 5.75. The molecule has 0 atom stereocenters. The van der Waals surface area contributed by atoms with Crippen LogP contribution in [0.5, 0.6) is 0 Å². The fraction of sp³-hybridized carbons (Fsp3) is 0.231. The average Bonchev–Trinajstić information content (AvgIpc) is 2.77. The van der Waals surface area contributed by atoms with Crippen LogP contribution in [0.25, 0.3) is 0 Å². The summed E-state index contributed by atoms with van der Waals surface area (Å²) in [6.07, 6.45) is 3.64. The molecular weight excluding hydrogens is 330 g/mol. The van der Waals surface area contributed by atoms with E-state index in [2.05, 4.69) is 21.0 Å². The normalized spacial score (nSPS) is 10.5. The number of benzene rings is 1. The SMILES string of the molecule is CN(Cc1cnn(C)c1)C(=O)c1ccc(Br)c(Cl)c1. The molecule has 1 aromatic carbocycles. The van der Waals surface area contributed by atoms with Crippen molar-refractivity contribution in [3.8, 4) is 0 Å². The zero-order chi connectivity index (χ0) is 14.0. The largest absolute Gasteiger partial charge is 0.337 e. The Morgan fingerprint density at radius 3 is 2.84 bits per heavy atom. The summed E-state index contributed by atoms with van der Waals surface area (Å²) in [4.78, 5) is 13.9. The quantitative estimate of drug-likeness (QED) is 0.859. The lowest BCUT2D eigenvalue weighted by Gasteiger charge is -2.16. The number of carbonyl (C=O) groups is 1. The zero-order valence-electron chi connectivity index (χ0n) is 10.6. The molecule has 1 aromatic heterocycles. The Bertz CT molecular complexity index is 612. The molecule has 0 aliphatic rings. The van der Waals surface area contributed by atoms with Crippen LogP contribution in [0.2, 0.25) is 5.02 Å². The number of nitrogens with zero attached hydrogens (tertiary/aromatic N) is 3. The van der Waals surface area contributed by atoms with Crippen molar-refractivity contribution in [3.05, 3.63) is 51.2 Å². The third-order valence-corrected chi connectivity index (χ3v) is 3.92. The number of carbonyl (C=O) groups excluding carboxylic acids is 1. The highest BCUT2D eigenvalue weighted by molar-refractivity contribution is 9.10. The van der Waals surface area contributed by atoms with Crippen LogP contribution < -0.4 is 0 Å². The molecule has 0 bridgehead atoms. The fourth-order valence-electron chi connectivity index (χ4n) is 1.75. The lowest BCUT2D eigenvalue weighted by molar-refractivity contribution is 0.0785. The van der Waals surface area contributed by atoms with Gasteiger partial charge in [0.05, 0.1) is 11.2 Å². The number of rotatable bonds is 3. The van der Waals surface area contributed by atoms with Crippen molar-refractivity contribution in [2.75, 3.05) is 7.05 Å². The van der Waals surface area contributed by atoms with E-state index in [9.17, 15) is 4.79 Å². The summed E-state index contributed by atoms with van der Waals surface area (Å²) in [5.41, 5.74) is 1.56. The van der Waals surface area contributed by atoms with E-state index in [0.29, 0.717) is 17.1 Å². The van der Waals surface area contributed by atoms with Crippen LogP contribution in [0.4, 0.5) is 0 Å². The standard InChI is InChI=1S/C13H13BrClN3O/c1-17(7-9-6-16-18(2)8-9)13(19)10-3-4-11(14)12(15)5-10/h3-6,8H,7H2,1-2H3. The predicted molar refractivity (Wildman–Crippen MR) is 78.2 cm³/mol. The first kappa shape index (κ1) is 14.1. The maximum Gasteiger partial charge on any atom is 0.253 e. The van der Waals surface area contributed by atoms with Gasteiger partial charge in [-0.1, -0.05) is 11.6 Å². The first-order valence-corrected chi connectivity index (χ1v) is 6.82. The van der Waals surface area contributed by atoms with Gasteiger partial charge in [-0.15, -0.1) is 0 Å². The van der Waals surface area contributed by atoms with Gasteiger partial charge in [0.1, 0.15) is 0 Å². The molecule has 6 heteroatoms. The molecule has 1 amide bonds. The maximum absolute atomic E-state index is 12.2. The Morgan fingerprint density at radius 2 is 2.26 bits per heavy atom. The molecule has 0 saturated carbocycles. The van der Waals surface area contributed by atoms with Crippen LogP contribution in [0.3, 0.4) is 0 Å². The van der Waals surface area contributed by atoms with E-state index >= 15 is 0 Å². The lowest BCUT2D eigenvalue weighted by Crippen LogP contribution is -2.26. The minimum absolute atomic E-state index is 0.0711. The van der Waals surface area contributed by atoms with Crippen molar-refractivity contribution in [1.29, 1.82) is 0 Å². The molecule has 0 fully saturated rings. The van der Waals surface area contributed by atoms with Gasteiger partial charge in [0.2, 0.25) is 0 Å². The zero-order valence-corrected chi connectivity index (χ0v) is 12.9. The highest BCUT2D eigenvalue weighted by Crippen LogP contribution is 2.23. The van der Waals surface area contributed by atoms with Crippen LogP contribution in [-0.2, 0) is 13.6 Å². The number of hydrogen-bond donors (Lipinski definition) is 0. The van der Waals surface area contributed by atoms with Gasteiger partial charge in [-0.05, 0) is 34.1 Å². The van der Waals surface area contributed by atoms with Crippen molar-refractivity contribution in [1.82, 2.24) is 14.7 Å². The molecule has 0 radical (unpaired) electrons. The van der Waals surface area contributed by atoms with Gasteiger partial charge in [0.25, 0.3) is 5.91 Å². The summed E-state index contributed by atoms with van der Waals surface area (Å²) in [6.45, 7) is 0.514. The van der Waals surface area contributed by atoms with Gasteiger partial charge in [-0.2, -0.15) is 5.10 Å². The van der Waals surface area contributed by atoms with Crippen LogP contribution in [0.1, 0.15) is 15.9 Å². The predicted octanol–water partition coefficient (Wildman–Crippen LogP) is 3.11. The van der Waals surface area contributed by atoms with E-state index in [0.717, 1.165) is 10.0 Å². The average molecular weight is 343 g/mol. The molecule has 1 heterocycles. The second-order valence-electron chi connectivity index (χ2n) is 4.31. The van der Waals surface area contributed by atoms with Crippen molar-refractivity contribution >= 4 is 33.4 Å². The molecule has 0 unspecified atom stereocenters. The smallest absolute Gasteiger partial charge is 0.253 e. The minimum atomic E-state index is -0.0711. The Morgan fingerprint density at radius 1 is 1.53 bits per heavy atom. The fourth-order valence-corrected chi connectivity index (χ4v) is 2.18. The summed E-state index contributed by atoms with van der Waals surface area (Å²) in [5, 5.41) is 4.61. The molecule has 0 aliphatic carbocycles. The topological polar surface area (TPSA) is 38.1 Å². The van der Waals surface area contributed by atoms with Crippen molar-refractivity contribution < 1.29 is 4.79 Å². The van der Waals surface area contributed by atoms with E-state index in [-0.39, 0.29) is 5.91 Å². The number of amides is 1. The second-order valence-corrected chi connectivity index (χ2v) is 5.57. The van der Waals surface area contributed by atoms with Crippen LogP contribution in [0, 0.1) is 0 Å². The first-order chi connectivity index (χ1) is 8.97. The van der Waals surface area contributed by atoms with Gasteiger partial charge in [0.15, 0.2) is 0 Å². The van der Waals surface area contributed by atoms with E-state index in [1.54, 1.807) is 41.0 Å². The third kappa shape index (κ3) is 3.36. The Hall–Kier alpha value is -1.33. The third-order valence-electron chi connectivity index (χ3n) is 2.69. The van der Waals surface area contributed by atoms with Crippen molar-refractivity contribution in [2.45, 2.75) is 6.54 Å². The van der Waals surface area contributed by atoms with E-state index < -0.39 is 0 Å². The summed E-state index contributed by atoms with van der Waals surface area (Å²) >= 11 is 9.30. The number of aromatic nitrogens is 2. The van der Waals surface area contributed by atoms with E-state index in [1.165, 1.54) is 0 Å². The number of hydrogen-bond acceptors (Lipinski definition) is 2. The molecule has 0 saturated heterocycles. The molecule has 0 spiro atoms. The van der Waals surface area contributed by atoms with Gasteiger partial charge >= 0.3 is 0 Å². The first-order valence-electron chi connectivity index (χ1n) is 5.65. The summed E-state index contributed by atoms with van der Waals surface area (Å²) in [5.74, 6) is -0.0711. The number of aryl methyl sites for hydroxylation is 1. The van der Waals surface area contributed by atoms with Crippen molar-refractivity contribution in [2.24, 2.45) is 7.05 Å². The van der Waals surface area contributed by atoms with Gasteiger partial charge in [0, 0.05) is 42.4 Å². The summed E-state index contributed by atoms with van der Waals surface area (Å²) in [7, 11) is 3.60. The molecule has 2 rings (SSSR count).